The third-order valence-corrected chi connectivity index (χ3v) is 12.4. The molecule has 13 rings (SSSR count). The second-order valence-corrected chi connectivity index (χ2v) is 15.8. The molecule has 0 N–H and O–H groups in total. The van der Waals surface area contributed by atoms with Crippen molar-refractivity contribution in [2.75, 3.05) is 0 Å². The van der Waals surface area contributed by atoms with E-state index in [1.807, 2.05) is 0 Å². The number of aryl methyl sites for hydroxylation is 1. The number of para-hydroxylation sites is 1. The van der Waals surface area contributed by atoms with E-state index >= 15 is 0 Å². The van der Waals surface area contributed by atoms with Crippen molar-refractivity contribution in [3.8, 4) is 51.2 Å². The van der Waals surface area contributed by atoms with Gasteiger partial charge in [-0.1, -0.05) is 127 Å². The molecule has 0 bridgehead atoms. The summed E-state index contributed by atoms with van der Waals surface area (Å²) in [7, 11) is 0. The normalized spacial score (nSPS) is 12.7. The smallest absolute Gasteiger partial charge is 0.164 e. The van der Waals surface area contributed by atoms with Gasteiger partial charge in [-0.25, -0.2) is 19.9 Å². The van der Waals surface area contributed by atoms with Crippen molar-refractivity contribution < 1.29 is 0 Å². The van der Waals surface area contributed by atoms with Crippen LogP contribution in [0.4, 0.5) is 0 Å². The monoisotopic (exact) mass is 766 g/mol. The molecule has 0 saturated heterocycles. The molecular formula is C54H34N6. The van der Waals surface area contributed by atoms with Crippen LogP contribution < -0.4 is 5.35 Å². The summed E-state index contributed by atoms with van der Waals surface area (Å²) >= 11 is 0. The number of aromatic nitrogens is 6. The zero-order chi connectivity index (χ0) is 39.3. The predicted molar refractivity (Wildman–Crippen MR) is 245 cm³/mol. The van der Waals surface area contributed by atoms with Gasteiger partial charge in [-0.15, -0.1) is 0 Å². The molecule has 6 nitrogen and oxygen atoms in total. The second-order valence-electron chi connectivity index (χ2n) is 15.8. The van der Waals surface area contributed by atoms with E-state index in [4.69, 9.17) is 19.9 Å². The van der Waals surface area contributed by atoms with E-state index in [0.717, 1.165) is 68.4 Å². The van der Waals surface area contributed by atoms with Gasteiger partial charge in [-0.2, -0.15) is 0 Å². The zero-order valence-corrected chi connectivity index (χ0v) is 32.4. The Bertz CT molecular complexity index is 3670. The Balaban J connectivity index is 1.01. The Morgan fingerprint density at radius 2 is 1.03 bits per heavy atom. The lowest BCUT2D eigenvalue weighted by molar-refractivity contribution is 1.00. The fraction of sp³-hybridized carbons (Fsp3) is 0.0370. The second kappa shape index (κ2) is 12.8. The van der Waals surface area contributed by atoms with Crippen molar-refractivity contribution in [1.29, 1.82) is 0 Å². The maximum atomic E-state index is 5.31. The first kappa shape index (κ1) is 33.1. The van der Waals surface area contributed by atoms with Crippen LogP contribution in [0.5, 0.6) is 0 Å². The van der Waals surface area contributed by atoms with Crippen molar-refractivity contribution in [1.82, 2.24) is 28.9 Å². The van der Waals surface area contributed by atoms with Crippen LogP contribution in [0.25, 0.3) is 117 Å². The molecule has 8 aromatic carbocycles. The van der Waals surface area contributed by atoms with E-state index in [2.05, 4.69) is 191 Å². The molecule has 0 spiro atoms. The Labute approximate surface area is 344 Å². The lowest BCUT2D eigenvalue weighted by Gasteiger charge is -2.12. The lowest BCUT2D eigenvalue weighted by Crippen LogP contribution is -2.17. The Morgan fingerprint density at radius 3 is 1.73 bits per heavy atom. The molecule has 0 aliphatic heterocycles. The van der Waals surface area contributed by atoms with Crippen LogP contribution >= 0.6 is 0 Å². The highest BCUT2D eigenvalue weighted by atomic mass is 15.1. The minimum absolute atomic E-state index is 0.634. The van der Waals surface area contributed by atoms with Crippen LogP contribution in [0, 0.1) is 0 Å². The van der Waals surface area contributed by atoms with Crippen molar-refractivity contribution >= 4 is 65.8 Å². The Morgan fingerprint density at radius 1 is 0.433 bits per heavy atom. The average molecular weight is 767 g/mol. The van der Waals surface area contributed by atoms with Gasteiger partial charge in [0.15, 0.2) is 17.5 Å². The summed E-state index contributed by atoms with van der Waals surface area (Å²) in [4.78, 5) is 20.7. The first-order chi connectivity index (χ1) is 29.7. The van der Waals surface area contributed by atoms with Crippen LogP contribution in [0.2, 0.25) is 0 Å². The van der Waals surface area contributed by atoms with Gasteiger partial charge in [0.1, 0.15) is 5.82 Å². The van der Waals surface area contributed by atoms with Gasteiger partial charge in [0, 0.05) is 44.1 Å². The van der Waals surface area contributed by atoms with E-state index in [1.54, 1.807) is 0 Å². The third kappa shape index (κ3) is 4.94. The summed E-state index contributed by atoms with van der Waals surface area (Å²) in [5, 5.41) is 9.72. The fourth-order valence-electron chi connectivity index (χ4n) is 9.60. The summed E-state index contributed by atoms with van der Waals surface area (Å²) < 4.78 is 4.84. The van der Waals surface area contributed by atoms with E-state index in [9.17, 15) is 0 Å². The first-order valence-corrected chi connectivity index (χ1v) is 20.5. The van der Waals surface area contributed by atoms with Crippen molar-refractivity contribution in [3.63, 3.8) is 0 Å². The number of imidazole rings is 1. The van der Waals surface area contributed by atoms with Crippen LogP contribution in [-0.2, 0) is 6.42 Å². The van der Waals surface area contributed by atoms with Crippen molar-refractivity contribution in [3.05, 3.63) is 187 Å². The maximum absolute atomic E-state index is 5.31. The maximum Gasteiger partial charge on any atom is 0.164 e. The predicted octanol–water partition coefficient (Wildman–Crippen LogP) is 12.2. The van der Waals surface area contributed by atoms with Crippen molar-refractivity contribution in [2.24, 2.45) is 0 Å². The number of rotatable bonds is 5. The molecule has 12 aromatic rings. The summed E-state index contributed by atoms with van der Waals surface area (Å²) in [5.41, 5.74) is 10.9. The molecule has 0 atom stereocenters. The fourth-order valence-corrected chi connectivity index (χ4v) is 9.60. The standard InChI is InChI=1S/C54H34N6/c1-2-13-36(14-3-1)54-55-44-29-30-47-49-48-43(42-17-8-9-19-45(42)60(54)50(44)49)18-10-20-46(48)59(47)41-27-25-35(26-28-41)51-56-52(39-23-21-33-11-4-6-15-37(33)31-39)58-53(57-51)40-24-22-34-12-5-7-16-38(34)32-40/h1-9,11-17,19-32H,10,18H2. The minimum Gasteiger partial charge on any atom is -0.309 e. The minimum atomic E-state index is 0.634. The summed E-state index contributed by atoms with van der Waals surface area (Å²) in [6.07, 6.45) is 4.37. The van der Waals surface area contributed by atoms with Gasteiger partial charge in [0.2, 0.25) is 0 Å². The third-order valence-electron chi connectivity index (χ3n) is 12.4. The first-order valence-electron chi connectivity index (χ1n) is 20.5. The Kier molecular flexibility index (Phi) is 7.04. The van der Waals surface area contributed by atoms with Crippen LogP contribution in [0.3, 0.4) is 0 Å². The molecule has 0 radical (unpaired) electrons. The molecule has 6 heteroatoms. The van der Waals surface area contributed by atoms with Crippen LogP contribution in [0.1, 0.15) is 12.0 Å². The van der Waals surface area contributed by atoms with Gasteiger partial charge in [-0.3, -0.25) is 4.40 Å². The topological polar surface area (TPSA) is 60.9 Å². The summed E-state index contributed by atoms with van der Waals surface area (Å²) in [6, 6.07) is 62.2. The lowest BCUT2D eigenvalue weighted by atomic mass is 9.97. The number of nitrogens with zero attached hydrogens (tertiary/aromatic N) is 6. The molecule has 0 saturated carbocycles. The number of hydrogen-bond donors (Lipinski definition) is 0. The molecule has 4 aromatic heterocycles. The van der Waals surface area contributed by atoms with Gasteiger partial charge >= 0.3 is 0 Å². The molecule has 0 fully saturated rings. The Hall–Kier alpha value is -7.96. The largest absolute Gasteiger partial charge is 0.309 e. The number of hydrogen-bond acceptors (Lipinski definition) is 4. The van der Waals surface area contributed by atoms with Crippen LogP contribution in [-0.4, -0.2) is 28.9 Å². The average Bonchev–Trinajstić information content (AvgIpc) is 3.84. The van der Waals surface area contributed by atoms with E-state index < -0.39 is 0 Å². The quantitative estimate of drug-likeness (QED) is 0.175. The molecule has 0 amide bonds. The van der Waals surface area contributed by atoms with E-state index in [-0.39, 0.29) is 0 Å². The van der Waals surface area contributed by atoms with Crippen LogP contribution in [0.15, 0.2) is 176 Å². The summed E-state index contributed by atoms with van der Waals surface area (Å²) in [6.45, 7) is 0. The van der Waals surface area contributed by atoms with Gasteiger partial charge in [0.05, 0.1) is 27.4 Å². The molecule has 60 heavy (non-hydrogen) atoms. The van der Waals surface area contributed by atoms with Gasteiger partial charge < -0.3 is 4.57 Å². The molecule has 0 unspecified atom stereocenters. The molecule has 280 valence electrons. The van der Waals surface area contributed by atoms with E-state index in [1.165, 1.54) is 48.9 Å². The molecule has 4 heterocycles. The van der Waals surface area contributed by atoms with Gasteiger partial charge in [-0.05, 0) is 94.5 Å². The highest BCUT2D eigenvalue weighted by Gasteiger charge is 2.25. The highest BCUT2D eigenvalue weighted by Crippen LogP contribution is 2.40. The molecule has 1 aliphatic carbocycles. The molecule has 1 aliphatic rings. The SMILES string of the molecule is C1=c2c3c(c4ccccc4n4c(-c5ccccc5)nc5ccc(c3c54)n2-c2ccc(-c3nc(-c4ccc5ccccc5c4)nc(-c4ccc5ccccc5c4)n3)cc2)CC1. The highest BCUT2D eigenvalue weighted by molar-refractivity contribution is 6.19. The van der Waals surface area contributed by atoms with Crippen molar-refractivity contribution in [2.45, 2.75) is 12.8 Å². The van der Waals surface area contributed by atoms with Gasteiger partial charge in [0.25, 0.3) is 0 Å². The molecular weight excluding hydrogens is 733 g/mol. The zero-order valence-electron chi connectivity index (χ0n) is 32.4. The summed E-state index contributed by atoms with van der Waals surface area (Å²) in [5.74, 6) is 2.88. The number of benzene rings is 8. The number of fused-ring (bicyclic) bond motifs is 5. The van der Waals surface area contributed by atoms with E-state index in [0.29, 0.717) is 17.5 Å².